The fourth-order valence-corrected chi connectivity index (χ4v) is 5.59. The fraction of sp³-hybridized carbons (Fsp3) is 0.433. The molecule has 2 saturated heterocycles. The van der Waals surface area contributed by atoms with Crippen molar-refractivity contribution in [1.29, 1.82) is 0 Å². The van der Waals surface area contributed by atoms with E-state index in [1.54, 1.807) is 12.1 Å². The van der Waals surface area contributed by atoms with Crippen LogP contribution in [0.15, 0.2) is 47.5 Å². The number of morpholine rings is 1. The highest BCUT2D eigenvalue weighted by Crippen LogP contribution is 2.37. The van der Waals surface area contributed by atoms with Gasteiger partial charge in [0.25, 0.3) is 5.91 Å². The number of nitrogens with zero attached hydrogens (tertiary/aromatic N) is 4. The summed E-state index contributed by atoms with van der Waals surface area (Å²) in [5, 5.41) is 2.58. The molecule has 2 aliphatic rings. The fourth-order valence-electron chi connectivity index (χ4n) is 5.59. The number of aromatic nitrogens is 2. The number of pyridine rings is 2. The number of aromatic amines is 1. The molecule has 3 aromatic rings. The summed E-state index contributed by atoms with van der Waals surface area (Å²) in [7, 11) is 1.99. The summed E-state index contributed by atoms with van der Waals surface area (Å²) >= 11 is 0. The van der Waals surface area contributed by atoms with Crippen molar-refractivity contribution in [3.05, 3.63) is 70.0 Å². The van der Waals surface area contributed by atoms with Crippen molar-refractivity contribution < 1.29 is 27.1 Å². The standard InChI is InChI=1S/C30H34F4N6O3/c1-17-14-40(15-18(2)38(17)4)26-11-24(31)21(20-5-6-27(35-12-20)39-7-8-43-19(3)16-39)9-25(26)37-29(42)22-13-36-28(41)10-23(22)30(32,33)34/h5-6,9-13,17-19H,7-8,14-16H2,1-4H3,(H,36,41)(H,37,42). The van der Waals surface area contributed by atoms with Crippen molar-refractivity contribution in [2.24, 2.45) is 0 Å². The average Bonchev–Trinajstić information content (AvgIpc) is 2.96. The highest BCUT2D eigenvalue weighted by Gasteiger charge is 2.36. The van der Waals surface area contributed by atoms with Gasteiger partial charge in [-0.15, -0.1) is 0 Å². The number of halogens is 4. The van der Waals surface area contributed by atoms with Crippen molar-refractivity contribution in [2.75, 3.05) is 55.0 Å². The van der Waals surface area contributed by atoms with Gasteiger partial charge in [0, 0.05) is 67.8 Å². The number of piperazine rings is 1. The number of carbonyl (C=O) groups is 1. The molecule has 0 radical (unpaired) electrons. The molecule has 43 heavy (non-hydrogen) atoms. The Balaban J connectivity index is 1.54. The second-order valence-corrected chi connectivity index (χ2v) is 11.2. The Hall–Kier alpha value is -3.97. The van der Waals surface area contributed by atoms with Crippen molar-refractivity contribution in [2.45, 2.75) is 45.1 Å². The molecule has 230 valence electrons. The van der Waals surface area contributed by atoms with E-state index >= 15 is 4.39 Å². The number of hydrogen-bond donors (Lipinski definition) is 2. The molecule has 0 aliphatic carbocycles. The summed E-state index contributed by atoms with van der Waals surface area (Å²) in [4.78, 5) is 37.8. The second-order valence-electron chi connectivity index (χ2n) is 11.2. The predicted octanol–water partition coefficient (Wildman–Crippen LogP) is 4.60. The summed E-state index contributed by atoms with van der Waals surface area (Å²) in [5.74, 6) is -0.947. The number of likely N-dealkylation sites (N-methyl/N-ethyl adjacent to an activating group) is 1. The van der Waals surface area contributed by atoms with Crippen LogP contribution in [-0.4, -0.2) is 78.8 Å². The highest BCUT2D eigenvalue weighted by atomic mass is 19.4. The Morgan fingerprint density at radius 2 is 1.79 bits per heavy atom. The molecule has 0 bridgehead atoms. The minimum atomic E-state index is -4.94. The van der Waals surface area contributed by atoms with Crippen molar-refractivity contribution in [3.63, 3.8) is 0 Å². The zero-order chi connectivity index (χ0) is 31.1. The number of hydrogen-bond acceptors (Lipinski definition) is 7. The van der Waals surface area contributed by atoms with Crippen molar-refractivity contribution in [3.8, 4) is 11.1 Å². The molecule has 1 amide bonds. The van der Waals surface area contributed by atoms with Gasteiger partial charge in [0.2, 0.25) is 5.56 Å². The molecular weight excluding hydrogens is 568 g/mol. The average molecular weight is 603 g/mol. The largest absolute Gasteiger partial charge is 0.417 e. The zero-order valence-electron chi connectivity index (χ0n) is 24.3. The van der Waals surface area contributed by atoms with Gasteiger partial charge in [0.05, 0.1) is 35.2 Å². The van der Waals surface area contributed by atoms with Gasteiger partial charge in [0.15, 0.2) is 0 Å². The van der Waals surface area contributed by atoms with Crippen LogP contribution in [0.5, 0.6) is 0 Å². The molecule has 9 nitrogen and oxygen atoms in total. The SMILES string of the molecule is CC1CN(c2ccc(-c3cc(NC(=O)c4c[nH]c(=O)cc4C(F)(F)F)c(N4CC(C)N(C)C(C)C4)cc3F)cn2)CCO1. The third-order valence-electron chi connectivity index (χ3n) is 8.13. The molecule has 5 rings (SSSR count). The third-order valence-corrected chi connectivity index (χ3v) is 8.13. The van der Waals surface area contributed by atoms with Gasteiger partial charge in [-0.05, 0) is 52.1 Å². The van der Waals surface area contributed by atoms with E-state index in [-0.39, 0.29) is 29.4 Å². The van der Waals surface area contributed by atoms with Gasteiger partial charge >= 0.3 is 6.18 Å². The van der Waals surface area contributed by atoms with E-state index in [0.717, 1.165) is 6.20 Å². The molecule has 2 fully saturated rings. The van der Waals surface area contributed by atoms with Crippen LogP contribution in [0.1, 0.15) is 36.7 Å². The van der Waals surface area contributed by atoms with E-state index in [0.29, 0.717) is 55.9 Å². The van der Waals surface area contributed by atoms with Crippen LogP contribution in [0, 0.1) is 5.82 Å². The van der Waals surface area contributed by atoms with Crippen molar-refractivity contribution >= 4 is 23.1 Å². The Morgan fingerprint density at radius 1 is 1.07 bits per heavy atom. The summed E-state index contributed by atoms with van der Waals surface area (Å²) in [6.07, 6.45) is -2.62. The highest BCUT2D eigenvalue weighted by molar-refractivity contribution is 6.07. The second kappa shape index (κ2) is 12.0. The summed E-state index contributed by atoms with van der Waals surface area (Å²) < 4.78 is 62.6. The Labute approximate surface area is 246 Å². The van der Waals surface area contributed by atoms with Gasteiger partial charge in [-0.3, -0.25) is 14.5 Å². The number of nitrogens with one attached hydrogen (secondary N) is 2. The lowest BCUT2D eigenvalue weighted by Crippen LogP contribution is -2.55. The lowest BCUT2D eigenvalue weighted by Gasteiger charge is -2.44. The van der Waals surface area contributed by atoms with Gasteiger partial charge < -0.3 is 24.8 Å². The number of amides is 1. The van der Waals surface area contributed by atoms with Crippen LogP contribution in [0.3, 0.4) is 0 Å². The van der Waals surface area contributed by atoms with Gasteiger partial charge in [-0.25, -0.2) is 9.37 Å². The number of alkyl halides is 3. The number of ether oxygens (including phenoxy) is 1. The first-order chi connectivity index (χ1) is 20.3. The lowest BCUT2D eigenvalue weighted by atomic mass is 10.0. The van der Waals surface area contributed by atoms with Gasteiger partial charge in [-0.2, -0.15) is 13.2 Å². The lowest BCUT2D eigenvalue weighted by molar-refractivity contribution is -0.138. The quantitative estimate of drug-likeness (QED) is 0.413. The maximum absolute atomic E-state index is 15.8. The number of carbonyl (C=O) groups excluding carboxylic acids is 1. The third kappa shape index (κ3) is 6.52. The first-order valence-electron chi connectivity index (χ1n) is 14.1. The molecule has 1 aromatic carbocycles. The summed E-state index contributed by atoms with van der Waals surface area (Å²) in [5.41, 5.74) is -2.07. The molecule has 2 aliphatic heterocycles. The molecule has 0 spiro atoms. The van der Waals surface area contributed by atoms with Crippen LogP contribution in [0.2, 0.25) is 0 Å². The van der Waals surface area contributed by atoms with Gasteiger partial charge in [-0.1, -0.05) is 0 Å². The van der Waals surface area contributed by atoms with Crippen LogP contribution >= 0.6 is 0 Å². The molecule has 2 aromatic heterocycles. The molecule has 13 heteroatoms. The smallest absolute Gasteiger partial charge is 0.375 e. The van der Waals surface area contributed by atoms with E-state index in [9.17, 15) is 22.8 Å². The van der Waals surface area contributed by atoms with Crippen LogP contribution < -0.4 is 20.7 Å². The minimum absolute atomic E-state index is 0.0479. The van der Waals surface area contributed by atoms with Gasteiger partial charge in [0.1, 0.15) is 11.6 Å². The molecule has 2 N–H and O–H groups in total. The number of anilines is 3. The molecule has 4 heterocycles. The van der Waals surface area contributed by atoms with Crippen molar-refractivity contribution in [1.82, 2.24) is 14.9 Å². The van der Waals surface area contributed by atoms with Crippen LogP contribution in [0.4, 0.5) is 34.8 Å². The topological polar surface area (TPSA) is 93.8 Å². The molecule has 0 saturated carbocycles. The summed E-state index contributed by atoms with van der Waals surface area (Å²) in [6, 6.07) is 6.73. The number of H-pyrrole nitrogens is 1. The van der Waals surface area contributed by atoms with Crippen LogP contribution in [0.25, 0.3) is 11.1 Å². The predicted molar refractivity (Wildman–Crippen MR) is 156 cm³/mol. The maximum atomic E-state index is 15.8. The first-order valence-corrected chi connectivity index (χ1v) is 14.1. The Kier molecular flexibility index (Phi) is 8.48. The Morgan fingerprint density at radius 3 is 2.42 bits per heavy atom. The minimum Gasteiger partial charge on any atom is -0.375 e. The Bertz CT molecular complexity index is 1530. The first kappa shape index (κ1) is 30.5. The summed E-state index contributed by atoms with van der Waals surface area (Å²) in [6.45, 7) is 8.92. The van der Waals surface area contributed by atoms with E-state index in [4.69, 9.17) is 4.74 Å². The molecule has 3 atom stereocenters. The normalized spacial score (nSPS) is 21.6. The van der Waals surface area contributed by atoms with E-state index < -0.39 is 34.6 Å². The molecular formula is C30H34F4N6O3. The van der Waals surface area contributed by atoms with Crippen LogP contribution in [-0.2, 0) is 10.9 Å². The zero-order valence-corrected chi connectivity index (χ0v) is 24.3. The molecule has 3 unspecified atom stereocenters. The van der Waals surface area contributed by atoms with E-state index in [1.807, 2.05) is 32.7 Å². The number of rotatable bonds is 5. The monoisotopic (exact) mass is 602 g/mol. The van der Waals surface area contributed by atoms with E-state index in [2.05, 4.69) is 25.1 Å². The number of benzene rings is 1. The van der Waals surface area contributed by atoms with E-state index in [1.165, 1.54) is 18.3 Å². The maximum Gasteiger partial charge on any atom is 0.417 e.